The molecule has 1 rings (SSSR count). The van der Waals surface area contributed by atoms with E-state index >= 15 is 0 Å². The second-order valence-electron chi connectivity index (χ2n) is 2.70. The molecule has 0 saturated carbocycles. The van der Waals surface area contributed by atoms with Gasteiger partial charge in [-0.05, 0) is 24.0 Å². The third kappa shape index (κ3) is 3.44. The smallest absolute Gasteiger partial charge is 0.00718 e. The normalized spacial score (nSPS) is 10.2. The lowest BCUT2D eigenvalue weighted by molar-refractivity contribution is 1.12. The molecule has 0 aliphatic rings. The van der Waals surface area contributed by atoms with Crippen molar-refractivity contribution in [2.75, 3.05) is 9.76 Å². The highest BCUT2D eigenvalue weighted by Crippen LogP contribution is 2.08. The summed E-state index contributed by atoms with van der Waals surface area (Å²) < 4.78 is 1.20. The first-order chi connectivity index (χ1) is 5.86. The van der Waals surface area contributed by atoms with Crippen LogP contribution in [-0.2, 0) is 12.8 Å². The predicted octanol–water partition coefficient (Wildman–Crippen LogP) is 3.60. The summed E-state index contributed by atoms with van der Waals surface area (Å²) in [5, 5.41) is 1.06. The highest BCUT2D eigenvalue weighted by molar-refractivity contribution is 14.1. The van der Waals surface area contributed by atoms with Gasteiger partial charge in [-0.1, -0.05) is 62.8 Å². The van der Waals surface area contributed by atoms with Crippen LogP contribution in [0.5, 0.6) is 0 Å². The first kappa shape index (κ1) is 10.5. The van der Waals surface area contributed by atoms with E-state index in [0.717, 1.165) is 11.8 Å². The number of benzene rings is 1. The molecule has 0 heterocycles. The summed E-state index contributed by atoms with van der Waals surface area (Å²) in [4.78, 5) is 0. The van der Waals surface area contributed by atoms with E-state index in [4.69, 9.17) is 0 Å². The summed E-state index contributed by atoms with van der Waals surface area (Å²) in [6.45, 7) is 0. The second kappa shape index (κ2) is 5.97. The van der Waals surface area contributed by atoms with Gasteiger partial charge in [-0.25, -0.2) is 0 Å². The van der Waals surface area contributed by atoms with Gasteiger partial charge in [-0.15, -0.1) is 0 Å². The lowest BCUT2D eigenvalue weighted by atomic mass is 10.1. The Labute approximate surface area is 96.0 Å². The Morgan fingerprint density at radius 1 is 1.17 bits per heavy atom. The van der Waals surface area contributed by atoms with Crippen LogP contribution in [-0.4, -0.2) is 9.76 Å². The molecule has 0 aliphatic carbocycles. The molecule has 0 bridgehead atoms. The van der Waals surface area contributed by atoms with E-state index < -0.39 is 0 Å². The first-order valence-electron chi connectivity index (χ1n) is 4.06. The maximum atomic E-state index is 3.45. The van der Waals surface area contributed by atoms with E-state index in [9.17, 15) is 0 Å². The van der Waals surface area contributed by atoms with Gasteiger partial charge in [0.25, 0.3) is 0 Å². The molecule has 0 aromatic heterocycles. The predicted molar refractivity (Wildman–Crippen MR) is 66.5 cm³/mol. The van der Waals surface area contributed by atoms with Crippen LogP contribution in [0.25, 0.3) is 0 Å². The lowest BCUT2D eigenvalue weighted by Crippen LogP contribution is -1.90. The fourth-order valence-corrected chi connectivity index (χ4v) is 2.24. The summed E-state index contributed by atoms with van der Waals surface area (Å²) in [7, 11) is 0. The molecule has 0 N–H and O–H groups in total. The van der Waals surface area contributed by atoms with Gasteiger partial charge in [0.2, 0.25) is 0 Å². The minimum atomic E-state index is 1.06. The molecule has 0 spiro atoms. The van der Waals surface area contributed by atoms with Gasteiger partial charge in [0, 0.05) is 9.76 Å². The van der Waals surface area contributed by atoms with Crippen molar-refractivity contribution in [3.05, 3.63) is 35.4 Å². The molecule has 12 heavy (non-hydrogen) atoms. The van der Waals surface area contributed by atoms with Crippen molar-refractivity contribution < 1.29 is 0 Å². The molecule has 0 atom stereocenters. The number of rotatable bonds is 4. The fraction of sp³-hybridized carbons (Fsp3) is 0.400. The number of aryl methyl sites for hydroxylation is 2. The molecule has 0 nitrogen and oxygen atoms in total. The van der Waals surface area contributed by atoms with Gasteiger partial charge >= 0.3 is 0 Å². The Bertz CT molecular complexity index is 214. The molecule has 0 saturated heterocycles. The van der Waals surface area contributed by atoms with Gasteiger partial charge in [0.15, 0.2) is 0 Å². The van der Waals surface area contributed by atoms with Crippen molar-refractivity contribution in [1.82, 2.24) is 0 Å². The first-order valence-corrected chi connectivity index (χ1v) is 6.71. The van der Waals surface area contributed by atoms with E-state index in [-0.39, 0.29) is 0 Å². The summed E-state index contributed by atoms with van der Waals surface area (Å²) in [5.74, 6) is 0. The minimum Gasteiger partial charge on any atom is -0.0924 e. The molecule has 2 heteroatoms. The summed E-state index contributed by atoms with van der Waals surface area (Å²) in [6, 6.07) is 8.86. The summed E-state index contributed by atoms with van der Waals surface area (Å²) in [5.41, 5.74) is 2.90. The molecule has 0 unspecified atom stereocenters. The standard InChI is InChI=1S/C10H12BrI/c11-6-4-9-2-1-3-10(8-9)5-7-12/h1-3,8H,4-7H2. The average Bonchev–Trinajstić information content (AvgIpc) is 2.06. The molecule has 0 fully saturated rings. The highest BCUT2D eigenvalue weighted by atomic mass is 127. The van der Waals surface area contributed by atoms with Gasteiger partial charge in [-0.3, -0.25) is 0 Å². The van der Waals surface area contributed by atoms with E-state index in [2.05, 4.69) is 62.8 Å². The van der Waals surface area contributed by atoms with Crippen LogP contribution < -0.4 is 0 Å². The number of hydrogen-bond acceptors (Lipinski definition) is 0. The summed E-state index contributed by atoms with van der Waals surface area (Å²) in [6.07, 6.45) is 2.33. The van der Waals surface area contributed by atoms with Crippen LogP contribution in [0.15, 0.2) is 24.3 Å². The topological polar surface area (TPSA) is 0 Å². The van der Waals surface area contributed by atoms with E-state index in [0.29, 0.717) is 0 Å². The molecule has 1 aromatic carbocycles. The van der Waals surface area contributed by atoms with Crippen LogP contribution in [0.1, 0.15) is 11.1 Å². The van der Waals surface area contributed by atoms with Gasteiger partial charge < -0.3 is 0 Å². The van der Waals surface area contributed by atoms with Gasteiger partial charge in [-0.2, -0.15) is 0 Å². The maximum Gasteiger partial charge on any atom is 0.00718 e. The zero-order chi connectivity index (χ0) is 8.81. The Balaban J connectivity index is 2.67. The van der Waals surface area contributed by atoms with Crippen molar-refractivity contribution in [3.63, 3.8) is 0 Å². The number of halogens is 2. The monoisotopic (exact) mass is 338 g/mol. The van der Waals surface area contributed by atoms with Crippen molar-refractivity contribution >= 4 is 38.5 Å². The minimum absolute atomic E-state index is 1.06. The Morgan fingerprint density at radius 2 is 1.83 bits per heavy atom. The van der Waals surface area contributed by atoms with Crippen LogP contribution in [0.4, 0.5) is 0 Å². The van der Waals surface area contributed by atoms with Gasteiger partial charge in [0.1, 0.15) is 0 Å². The molecule has 0 radical (unpaired) electrons. The van der Waals surface area contributed by atoms with E-state index in [1.54, 1.807) is 0 Å². The number of alkyl halides is 2. The maximum absolute atomic E-state index is 3.45. The molecule has 1 aromatic rings. The van der Waals surface area contributed by atoms with Gasteiger partial charge in [0.05, 0.1) is 0 Å². The van der Waals surface area contributed by atoms with E-state index in [1.165, 1.54) is 22.0 Å². The van der Waals surface area contributed by atoms with Crippen LogP contribution >= 0.6 is 38.5 Å². The van der Waals surface area contributed by atoms with Crippen molar-refractivity contribution in [2.24, 2.45) is 0 Å². The van der Waals surface area contributed by atoms with Crippen molar-refractivity contribution in [2.45, 2.75) is 12.8 Å². The van der Waals surface area contributed by atoms with Crippen molar-refractivity contribution in [3.8, 4) is 0 Å². The highest BCUT2D eigenvalue weighted by Gasteiger charge is 1.94. The summed E-state index contributed by atoms with van der Waals surface area (Å²) >= 11 is 5.86. The molecular weight excluding hydrogens is 327 g/mol. The zero-order valence-corrected chi connectivity index (χ0v) is 10.6. The third-order valence-electron chi connectivity index (χ3n) is 1.76. The number of hydrogen-bond donors (Lipinski definition) is 0. The van der Waals surface area contributed by atoms with Crippen LogP contribution in [0.3, 0.4) is 0 Å². The zero-order valence-electron chi connectivity index (χ0n) is 6.89. The lowest BCUT2D eigenvalue weighted by Gasteiger charge is -2.01. The molecular formula is C10H12BrI. The molecule has 0 amide bonds. The van der Waals surface area contributed by atoms with Crippen LogP contribution in [0.2, 0.25) is 0 Å². The fourth-order valence-electron chi connectivity index (χ4n) is 1.16. The van der Waals surface area contributed by atoms with Crippen LogP contribution in [0, 0.1) is 0 Å². The SMILES string of the molecule is BrCCc1cccc(CCI)c1. The van der Waals surface area contributed by atoms with Crippen molar-refractivity contribution in [1.29, 1.82) is 0 Å². The quantitative estimate of drug-likeness (QED) is 0.581. The Kier molecular flexibility index (Phi) is 5.23. The third-order valence-corrected chi connectivity index (χ3v) is 2.69. The second-order valence-corrected chi connectivity index (χ2v) is 4.57. The van der Waals surface area contributed by atoms with E-state index in [1.807, 2.05) is 0 Å². The molecule has 66 valence electrons. The average molecular weight is 339 g/mol. The Morgan fingerprint density at radius 3 is 2.42 bits per heavy atom. The largest absolute Gasteiger partial charge is 0.0924 e. The molecule has 0 aliphatic heterocycles. The Hall–Kier alpha value is 0.430.